The zero-order chi connectivity index (χ0) is 16.1. The van der Waals surface area contributed by atoms with Gasteiger partial charge in [-0.05, 0) is 20.3 Å². The van der Waals surface area contributed by atoms with Gasteiger partial charge in [-0.25, -0.2) is 0 Å². The van der Waals surface area contributed by atoms with E-state index < -0.39 is 15.5 Å². The van der Waals surface area contributed by atoms with Crippen molar-refractivity contribution in [2.45, 2.75) is 61.8 Å². The fourth-order valence-corrected chi connectivity index (χ4v) is 2.12. The maximum absolute atomic E-state index is 11.7. The molecule has 1 N–H and O–H groups in total. The highest BCUT2D eigenvalue weighted by Gasteiger charge is 2.33. The number of nitrogens with one attached hydrogen (secondary N) is 1. The number of carbonyl (C=O) groups excluding carboxylic acids is 1. The first-order valence-electron chi connectivity index (χ1n) is 7.02. The van der Waals surface area contributed by atoms with Gasteiger partial charge in [0.15, 0.2) is 5.79 Å². The minimum atomic E-state index is -1.95. The third kappa shape index (κ3) is 7.20. The first-order valence-corrected chi connectivity index (χ1v) is 8.15. The fourth-order valence-electron chi connectivity index (χ4n) is 1.96. The summed E-state index contributed by atoms with van der Waals surface area (Å²) in [5.74, 6) is -1.20. The van der Waals surface area contributed by atoms with Gasteiger partial charge in [0.1, 0.15) is 6.10 Å². The summed E-state index contributed by atoms with van der Waals surface area (Å²) in [6.07, 6.45) is 6.38. The van der Waals surface area contributed by atoms with Gasteiger partial charge in [-0.2, -0.15) is 0 Å². The lowest BCUT2D eigenvalue weighted by Crippen LogP contribution is -2.41. The maximum Gasteiger partial charge on any atom is 0.272 e. The van der Waals surface area contributed by atoms with Crippen LogP contribution in [0.3, 0.4) is 0 Å². The molecule has 1 rings (SSSR count). The van der Waals surface area contributed by atoms with Crippen molar-refractivity contribution in [3.05, 3.63) is 12.2 Å². The Morgan fingerprint density at radius 3 is 2.62 bits per heavy atom. The van der Waals surface area contributed by atoms with Crippen molar-refractivity contribution in [3.63, 3.8) is 0 Å². The number of hydrogen-bond acceptors (Lipinski definition) is 3. The van der Waals surface area contributed by atoms with Crippen molar-refractivity contribution >= 4 is 40.7 Å². The number of carbonyl (C=O) groups is 1. The highest BCUT2D eigenvalue weighted by atomic mass is 35.6. The molecule has 0 spiro atoms. The third-order valence-corrected chi connectivity index (χ3v) is 3.55. The van der Waals surface area contributed by atoms with Gasteiger partial charge in [-0.3, -0.25) is 4.79 Å². The van der Waals surface area contributed by atoms with E-state index in [-0.39, 0.29) is 12.1 Å². The molecule has 0 unspecified atom stereocenters. The van der Waals surface area contributed by atoms with Crippen LogP contribution >= 0.6 is 34.8 Å². The van der Waals surface area contributed by atoms with Crippen LogP contribution in [0.1, 0.15) is 40.0 Å². The van der Waals surface area contributed by atoms with Gasteiger partial charge in [0.2, 0.25) is 0 Å². The number of alkyl halides is 3. The molecule has 0 aromatic heterocycles. The van der Waals surface area contributed by atoms with Gasteiger partial charge in [-0.15, -0.1) is 0 Å². The molecule has 122 valence electrons. The molecule has 1 aliphatic heterocycles. The van der Waals surface area contributed by atoms with Crippen LogP contribution < -0.4 is 5.32 Å². The maximum atomic E-state index is 11.7. The Kier molecular flexibility index (Phi) is 7.28. The van der Waals surface area contributed by atoms with E-state index in [1.165, 1.54) is 0 Å². The number of amides is 1. The van der Waals surface area contributed by atoms with Gasteiger partial charge in [-0.1, -0.05) is 66.7 Å². The van der Waals surface area contributed by atoms with Gasteiger partial charge in [0.05, 0.1) is 6.61 Å². The SMILES string of the molecule is CCCC[C@@H](/C=C/[C@H]1COC(C)(C)O1)NC(=O)C(Cl)(Cl)Cl. The van der Waals surface area contributed by atoms with E-state index in [4.69, 9.17) is 44.3 Å². The lowest BCUT2D eigenvalue weighted by Gasteiger charge is -2.19. The van der Waals surface area contributed by atoms with E-state index in [1.54, 1.807) is 0 Å². The summed E-state index contributed by atoms with van der Waals surface area (Å²) < 4.78 is 9.20. The smallest absolute Gasteiger partial charge is 0.272 e. The van der Waals surface area contributed by atoms with Crippen molar-refractivity contribution in [3.8, 4) is 0 Å². The zero-order valence-corrected chi connectivity index (χ0v) is 14.8. The lowest BCUT2D eigenvalue weighted by molar-refractivity contribution is -0.133. The number of ether oxygens (including phenoxy) is 2. The third-order valence-electron chi connectivity index (χ3n) is 3.03. The quantitative estimate of drug-likeness (QED) is 0.581. The molecule has 1 amide bonds. The van der Waals surface area contributed by atoms with E-state index in [9.17, 15) is 4.79 Å². The summed E-state index contributed by atoms with van der Waals surface area (Å²) in [5, 5.41) is 2.72. The van der Waals surface area contributed by atoms with Crippen LogP contribution in [-0.4, -0.2) is 34.2 Å². The number of rotatable bonds is 6. The van der Waals surface area contributed by atoms with Crippen LogP contribution in [-0.2, 0) is 14.3 Å². The number of halogens is 3. The summed E-state index contributed by atoms with van der Waals surface area (Å²) in [6.45, 7) is 6.29. The highest BCUT2D eigenvalue weighted by Crippen LogP contribution is 2.26. The predicted octanol–water partition coefficient (Wildman–Crippen LogP) is 3.74. The van der Waals surface area contributed by atoms with Crippen LogP contribution in [0.5, 0.6) is 0 Å². The normalized spacial score (nSPS) is 23.4. The molecule has 0 radical (unpaired) electrons. The molecule has 1 saturated heterocycles. The first kappa shape index (κ1) is 19.0. The van der Waals surface area contributed by atoms with Crippen molar-refractivity contribution < 1.29 is 14.3 Å². The summed E-state index contributed by atoms with van der Waals surface area (Å²) in [7, 11) is 0. The molecule has 0 bridgehead atoms. The van der Waals surface area contributed by atoms with Gasteiger partial charge >= 0.3 is 0 Å². The molecular weight excluding hydrogens is 337 g/mol. The average Bonchev–Trinajstić information content (AvgIpc) is 2.71. The first-order chi connectivity index (χ1) is 9.64. The Morgan fingerprint density at radius 1 is 1.48 bits per heavy atom. The summed E-state index contributed by atoms with van der Waals surface area (Å²) in [4.78, 5) is 11.7. The average molecular weight is 359 g/mol. The predicted molar refractivity (Wildman–Crippen MR) is 85.8 cm³/mol. The summed E-state index contributed by atoms with van der Waals surface area (Å²) in [6, 6.07) is -0.194. The standard InChI is InChI=1S/C14H22Cl3NO3/c1-4-5-6-10(18-12(19)14(15,16)17)7-8-11-9-20-13(2,3)21-11/h7-8,10-11H,4-6,9H2,1-3H3,(H,18,19)/b8-7+/t10-,11-/m0/s1. The molecule has 1 aliphatic rings. The largest absolute Gasteiger partial charge is 0.347 e. The number of unbranched alkanes of at least 4 members (excludes halogenated alkanes) is 1. The van der Waals surface area contributed by atoms with Crippen LogP contribution in [0.4, 0.5) is 0 Å². The molecule has 4 nitrogen and oxygen atoms in total. The van der Waals surface area contributed by atoms with Crippen molar-refractivity contribution in [2.24, 2.45) is 0 Å². The Bertz CT molecular complexity index is 380. The lowest BCUT2D eigenvalue weighted by atomic mass is 10.1. The van der Waals surface area contributed by atoms with Crippen molar-refractivity contribution in [1.29, 1.82) is 0 Å². The second kappa shape index (κ2) is 8.02. The van der Waals surface area contributed by atoms with Gasteiger partial charge < -0.3 is 14.8 Å². The highest BCUT2D eigenvalue weighted by molar-refractivity contribution is 6.76. The Labute approximate surface area is 141 Å². The molecule has 21 heavy (non-hydrogen) atoms. The molecule has 1 heterocycles. The van der Waals surface area contributed by atoms with Crippen LogP contribution in [0, 0.1) is 0 Å². The minimum Gasteiger partial charge on any atom is -0.347 e. The van der Waals surface area contributed by atoms with Crippen LogP contribution in [0.25, 0.3) is 0 Å². The van der Waals surface area contributed by atoms with E-state index in [2.05, 4.69) is 12.2 Å². The van der Waals surface area contributed by atoms with Gasteiger partial charge in [0, 0.05) is 6.04 Å². The van der Waals surface area contributed by atoms with E-state index in [0.717, 1.165) is 19.3 Å². The monoisotopic (exact) mass is 357 g/mol. The molecule has 1 fully saturated rings. The van der Waals surface area contributed by atoms with Crippen molar-refractivity contribution in [1.82, 2.24) is 5.32 Å². The van der Waals surface area contributed by atoms with E-state index in [0.29, 0.717) is 6.61 Å². The van der Waals surface area contributed by atoms with Crippen molar-refractivity contribution in [2.75, 3.05) is 6.61 Å². The Hall–Kier alpha value is -0.000000000000000111. The topological polar surface area (TPSA) is 47.6 Å². The molecular formula is C14H22Cl3NO3. The van der Waals surface area contributed by atoms with E-state index >= 15 is 0 Å². The second-order valence-electron chi connectivity index (χ2n) is 5.47. The number of hydrogen-bond donors (Lipinski definition) is 1. The van der Waals surface area contributed by atoms with Crippen LogP contribution in [0.2, 0.25) is 0 Å². The minimum absolute atomic E-state index is 0.131. The Morgan fingerprint density at radius 2 is 2.14 bits per heavy atom. The van der Waals surface area contributed by atoms with Gasteiger partial charge in [0.25, 0.3) is 9.70 Å². The Balaban J connectivity index is 2.59. The fraction of sp³-hybridized carbons (Fsp3) is 0.786. The molecule has 0 aliphatic carbocycles. The summed E-state index contributed by atoms with van der Waals surface area (Å²) >= 11 is 16.7. The second-order valence-corrected chi connectivity index (χ2v) is 7.75. The molecule has 2 atom stereocenters. The summed E-state index contributed by atoms with van der Waals surface area (Å²) in [5.41, 5.74) is 0. The zero-order valence-electron chi connectivity index (χ0n) is 12.5. The molecule has 7 heteroatoms. The van der Waals surface area contributed by atoms with Crippen LogP contribution in [0.15, 0.2) is 12.2 Å². The molecule has 0 saturated carbocycles. The molecule has 0 aromatic rings. The molecule has 0 aromatic carbocycles. The van der Waals surface area contributed by atoms with E-state index in [1.807, 2.05) is 26.0 Å².